The molecule has 1 aliphatic carbocycles. The number of aliphatic hydroxyl groups excluding tert-OH is 1. The van der Waals surface area contributed by atoms with Crippen LogP contribution in [0, 0.1) is 11.6 Å². The first-order chi connectivity index (χ1) is 11.5. The molecule has 1 unspecified atom stereocenters. The Bertz CT molecular complexity index is 734. The highest BCUT2D eigenvalue weighted by Crippen LogP contribution is 2.39. The predicted molar refractivity (Wildman–Crippen MR) is 101 cm³/mol. The predicted octanol–water partition coefficient (Wildman–Crippen LogP) is 3.70. The van der Waals surface area contributed by atoms with E-state index >= 15 is 0 Å². The van der Waals surface area contributed by atoms with Crippen molar-refractivity contribution >= 4 is 12.2 Å². The largest absolute Gasteiger partial charge is 0.395 e. The number of aliphatic hydroxyl groups is 1. The fourth-order valence-corrected chi connectivity index (χ4v) is 2.37. The third kappa shape index (κ3) is 5.63. The zero-order chi connectivity index (χ0) is 17.5. The normalized spacial score (nSPS) is 14.3. The first-order valence-corrected chi connectivity index (χ1v) is 8.58. The second kappa shape index (κ2) is 8.82. The van der Waals surface area contributed by atoms with E-state index in [4.69, 9.17) is 23.1 Å². The van der Waals surface area contributed by atoms with Crippen molar-refractivity contribution in [1.82, 2.24) is 15.2 Å². The van der Waals surface area contributed by atoms with E-state index in [0.29, 0.717) is 5.92 Å². The molecule has 6 heteroatoms. The summed E-state index contributed by atoms with van der Waals surface area (Å²) in [5.74, 6) is 0.691. The number of pyridine rings is 1. The summed E-state index contributed by atoms with van der Waals surface area (Å²) in [4.78, 5) is 3.09. The molecule has 1 aliphatic rings. The van der Waals surface area contributed by atoms with Crippen LogP contribution in [0.5, 0.6) is 0 Å². The molecule has 0 aliphatic heterocycles. The molecule has 2 aromatic rings. The van der Waals surface area contributed by atoms with Gasteiger partial charge in [0.1, 0.15) is 4.64 Å². The van der Waals surface area contributed by atoms with Crippen molar-refractivity contribution in [3.63, 3.8) is 0 Å². The molecule has 0 amide bonds. The van der Waals surface area contributed by atoms with Gasteiger partial charge in [-0.05, 0) is 67.6 Å². The van der Waals surface area contributed by atoms with Gasteiger partial charge in [0.05, 0.1) is 6.61 Å². The highest BCUT2D eigenvalue weighted by Gasteiger charge is 2.24. The smallest absolute Gasteiger partial charge is 0.103 e. The van der Waals surface area contributed by atoms with Gasteiger partial charge in [-0.3, -0.25) is 0 Å². The summed E-state index contributed by atoms with van der Waals surface area (Å²) in [7, 11) is 0. The Labute approximate surface area is 147 Å². The standard InChI is InChI=1S/C15H17N3S.C3H9NO/c1-10-8-14(11-2-3-11)18-17-7-6-13(10)12-4-5-15(19)16-9-12;1-3(4)2-5/h4-9,11,17-18H,2-3H2,1H3,(H,16,19);3,5H,2,4H2,1H3. The maximum Gasteiger partial charge on any atom is 0.103 e. The van der Waals surface area contributed by atoms with Gasteiger partial charge in [0, 0.05) is 30.0 Å². The minimum absolute atomic E-state index is 0.0602. The Balaban J connectivity index is 0.000000368. The molecule has 6 N–H and O–H groups in total. The first kappa shape index (κ1) is 18.4. The van der Waals surface area contributed by atoms with Crippen molar-refractivity contribution in [2.75, 3.05) is 6.61 Å². The van der Waals surface area contributed by atoms with E-state index in [1.165, 1.54) is 29.7 Å². The number of aryl methyl sites for hydroxylation is 1. The van der Waals surface area contributed by atoms with E-state index < -0.39 is 0 Å². The monoisotopic (exact) mass is 346 g/mol. The fourth-order valence-electron chi connectivity index (χ4n) is 2.24. The highest BCUT2D eigenvalue weighted by atomic mass is 32.1. The molecule has 2 aromatic heterocycles. The van der Waals surface area contributed by atoms with Gasteiger partial charge < -0.3 is 26.0 Å². The second-order valence-electron chi connectivity index (χ2n) is 6.17. The summed E-state index contributed by atoms with van der Waals surface area (Å²) >= 11 is 5.09. The van der Waals surface area contributed by atoms with Crippen LogP contribution in [0.3, 0.4) is 0 Å². The second-order valence-corrected chi connectivity index (χ2v) is 6.61. The maximum atomic E-state index is 8.02. The minimum atomic E-state index is -0.0602. The summed E-state index contributed by atoms with van der Waals surface area (Å²) in [5.41, 5.74) is 9.94. The van der Waals surface area contributed by atoms with Gasteiger partial charge in [-0.2, -0.15) is 0 Å². The van der Waals surface area contributed by atoms with Gasteiger partial charge in [-0.15, -0.1) is 0 Å². The SMILES string of the molecule is CC(N)CO.Cc1cc(C2CC2)[nH][nH]ccc1-c1ccc(=S)[nH]c1. The van der Waals surface area contributed by atoms with Gasteiger partial charge in [-0.25, -0.2) is 0 Å². The van der Waals surface area contributed by atoms with Crippen LogP contribution in [0.4, 0.5) is 0 Å². The summed E-state index contributed by atoms with van der Waals surface area (Å²) in [6.45, 7) is 3.98. The number of nitrogens with two attached hydrogens (primary N) is 1. The van der Waals surface area contributed by atoms with Crippen molar-refractivity contribution in [1.29, 1.82) is 0 Å². The van der Waals surface area contributed by atoms with Crippen molar-refractivity contribution < 1.29 is 5.11 Å². The molecule has 0 aromatic carbocycles. The van der Waals surface area contributed by atoms with Crippen molar-refractivity contribution in [3.8, 4) is 11.1 Å². The molecule has 130 valence electrons. The summed E-state index contributed by atoms with van der Waals surface area (Å²) in [5, 5.41) is 14.4. The van der Waals surface area contributed by atoms with Gasteiger partial charge in [0.25, 0.3) is 0 Å². The summed E-state index contributed by atoms with van der Waals surface area (Å²) in [6.07, 6.45) is 6.47. The third-order valence-electron chi connectivity index (χ3n) is 3.75. The molecule has 0 spiro atoms. The van der Waals surface area contributed by atoms with Crippen molar-refractivity contribution in [3.05, 3.63) is 52.6 Å². The molecule has 1 fully saturated rings. The zero-order valence-electron chi connectivity index (χ0n) is 14.2. The number of hydrogen-bond acceptors (Lipinski definition) is 3. The van der Waals surface area contributed by atoms with Gasteiger partial charge >= 0.3 is 0 Å². The number of H-pyrrole nitrogens is 3. The maximum absolute atomic E-state index is 8.02. The number of aromatic nitrogens is 3. The van der Waals surface area contributed by atoms with Crippen LogP contribution in [0.2, 0.25) is 0 Å². The first-order valence-electron chi connectivity index (χ1n) is 8.17. The molecule has 3 rings (SSSR count). The topological polar surface area (TPSA) is 93.6 Å². The lowest BCUT2D eigenvalue weighted by Crippen LogP contribution is -2.18. The van der Waals surface area contributed by atoms with Crippen LogP contribution in [-0.2, 0) is 0 Å². The van der Waals surface area contributed by atoms with Crippen LogP contribution >= 0.6 is 12.2 Å². The van der Waals surface area contributed by atoms with Crippen LogP contribution in [0.15, 0.2) is 36.7 Å². The highest BCUT2D eigenvalue weighted by molar-refractivity contribution is 7.71. The lowest BCUT2D eigenvalue weighted by atomic mass is 10.0. The fraction of sp³-hybridized carbons (Fsp3) is 0.389. The summed E-state index contributed by atoms with van der Waals surface area (Å²) < 4.78 is 0.755. The number of aromatic amines is 3. The summed E-state index contributed by atoms with van der Waals surface area (Å²) in [6, 6.07) is 8.24. The Kier molecular flexibility index (Phi) is 6.78. The molecule has 1 atom stereocenters. The Morgan fingerprint density at radius 3 is 2.58 bits per heavy atom. The molecule has 5 nitrogen and oxygen atoms in total. The molecular formula is C18H26N4OS. The minimum Gasteiger partial charge on any atom is -0.395 e. The Morgan fingerprint density at radius 2 is 2.04 bits per heavy atom. The molecule has 24 heavy (non-hydrogen) atoms. The van der Waals surface area contributed by atoms with E-state index in [9.17, 15) is 0 Å². The zero-order valence-corrected chi connectivity index (χ0v) is 15.0. The average molecular weight is 346 g/mol. The molecule has 0 radical (unpaired) electrons. The van der Waals surface area contributed by atoms with Gasteiger partial charge in [-0.1, -0.05) is 12.2 Å². The molecule has 0 bridgehead atoms. The molecule has 1 saturated carbocycles. The van der Waals surface area contributed by atoms with E-state index in [1.807, 2.05) is 18.5 Å². The number of hydrogen-bond donors (Lipinski definition) is 5. The van der Waals surface area contributed by atoms with Crippen LogP contribution < -0.4 is 5.73 Å². The van der Waals surface area contributed by atoms with Gasteiger partial charge in [0.2, 0.25) is 0 Å². The lowest BCUT2D eigenvalue weighted by molar-refractivity contribution is 0.273. The quantitative estimate of drug-likeness (QED) is 0.549. The van der Waals surface area contributed by atoms with Crippen LogP contribution in [-0.4, -0.2) is 32.9 Å². The molecular weight excluding hydrogens is 320 g/mol. The van der Waals surface area contributed by atoms with E-state index in [1.54, 1.807) is 6.92 Å². The molecule has 2 heterocycles. The van der Waals surface area contributed by atoms with Crippen LogP contribution in [0.1, 0.15) is 36.9 Å². The van der Waals surface area contributed by atoms with E-state index in [0.717, 1.165) is 10.2 Å². The average Bonchev–Trinajstić information content (AvgIpc) is 3.38. The van der Waals surface area contributed by atoms with Crippen molar-refractivity contribution in [2.24, 2.45) is 5.73 Å². The van der Waals surface area contributed by atoms with E-state index in [-0.39, 0.29) is 12.6 Å². The number of nitrogens with one attached hydrogen (secondary N) is 3. The Morgan fingerprint density at radius 1 is 1.33 bits per heavy atom. The Hall–Kier alpha value is -1.89. The van der Waals surface area contributed by atoms with Crippen molar-refractivity contribution in [2.45, 2.75) is 38.6 Å². The lowest BCUT2D eigenvalue weighted by Gasteiger charge is -2.06. The van der Waals surface area contributed by atoms with Crippen LogP contribution in [0.25, 0.3) is 11.1 Å². The third-order valence-corrected chi connectivity index (χ3v) is 4.00. The molecule has 0 saturated heterocycles. The number of rotatable bonds is 3. The van der Waals surface area contributed by atoms with E-state index in [2.05, 4.69) is 40.3 Å². The van der Waals surface area contributed by atoms with Gasteiger partial charge in [0.15, 0.2) is 0 Å².